The molecule has 1 aromatic heterocycles. The van der Waals surface area contributed by atoms with Gasteiger partial charge in [-0.3, -0.25) is 19.4 Å². The molecular formula is C50H65N5O8. The van der Waals surface area contributed by atoms with Gasteiger partial charge in [0, 0.05) is 90.9 Å². The SMILES string of the molecule is CCC1=C[C@@H]2CN(CCc3c([nH]c4ccccc34)[C@@](C(=O)OC)(c3cc4c(cc3OC)N(C)[C@H]3[C@](O)(CNC(=O)OC(C)(C)C)[C@H](OC(C)=O)[C@]5(CC)C=CCN6CC[C@]43[C@@H]65)C2)C1. The van der Waals surface area contributed by atoms with E-state index in [1.165, 1.54) is 19.6 Å². The van der Waals surface area contributed by atoms with Crippen molar-refractivity contribution in [3.63, 3.8) is 0 Å². The highest BCUT2D eigenvalue weighted by Gasteiger charge is 2.78. The van der Waals surface area contributed by atoms with E-state index in [0.717, 1.165) is 72.4 Å². The smallest absolute Gasteiger partial charge is 0.407 e. The van der Waals surface area contributed by atoms with Gasteiger partial charge < -0.3 is 39.3 Å². The summed E-state index contributed by atoms with van der Waals surface area (Å²) >= 11 is 0. The number of methoxy groups -OCH3 is 2. The van der Waals surface area contributed by atoms with Gasteiger partial charge in [0.05, 0.1) is 26.8 Å². The van der Waals surface area contributed by atoms with Crippen molar-refractivity contribution in [1.82, 2.24) is 20.1 Å². The maximum atomic E-state index is 15.4. The number of alkyl carbamates (subject to hydrolysis) is 1. The van der Waals surface area contributed by atoms with Gasteiger partial charge in [0.1, 0.15) is 28.5 Å². The van der Waals surface area contributed by atoms with E-state index in [-0.39, 0.29) is 24.5 Å². The van der Waals surface area contributed by atoms with Crippen LogP contribution >= 0.6 is 0 Å². The normalized spacial score (nSPS) is 33.1. The number of aromatic nitrogens is 1. The highest BCUT2D eigenvalue weighted by atomic mass is 16.6. The van der Waals surface area contributed by atoms with Crippen LogP contribution in [0.2, 0.25) is 0 Å². The molecule has 13 heteroatoms. The molecule has 5 aliphatic heterocycles. The summed E-state index contributed by atoms with van der Waals surface area (Å²) < 4.78 is 24.6. The molecule has 1 unspecified atom stereocenters. The van der Waals surface area contributed by atoms with E-state index in [1.807, 2.05) is 19.2 Å². The number of esters is 2. The number of likely N-dealkylation sites (N-methyl/N-ethyl adjacent to an activating group) is 1. The number of aliphatic hydroxyl groups is 1. The van der Waals surface area contributed by atoms with Crippen molar-refractivity contribution in [3.8, 4) is 5.75 Å². The lowest BCUT2D eigenvalue weighted by Gasteiger charge is -2.64. The highest BCUT2D eigenvalue weighted by molar-refractivity contribution is 5.94. The number of carbonyl (C=O) groups is 3. The number of H-pyrrole nitrogens is 1. The zero-order valence-corrected chi connectivity index (χ0v) is 38.4. The molecule has 1 amide bonds. The number of nitrogens with one attached hydrogen (secondary N) is 2. The lowest BCUT2D eigenvalue weighted by Crippen LogP contribution is -2.81. The molecule has 3 aromatic rings. The van der Waals surface area contributed by atoms with Crippen LogP contribution in [0, 0.1) is 11.3 Å². The van der Waals surface area contributed by atoms with E-state index in [2.05, 4.69) is 81.3 Å². The summed E-state index contributed by atoms with van der Waals surface area (Å²) in [5, 5.41) is 17.8. The molecule has 2 bridgehead atoms. The number of nitrogens with zero attached hydrogens (tertiary/aromatic N) is 3. The van der Waals surface area contributed by atoms with Crippen molar-refractivity contribution < 1.29 is 38.4 Å². The molecule has 2 fully saturated rings. The number of benzene rings is 2. The Morgan fingerprint density at radius 3 is 2.52 bits per heavy atom. The van der Waals surface area contributed by atoms with E-state index in [0.29, 0.717) is 37.1 Å². The number of anilines is 1. The molecule has 1 aliphatic carbocycles. The summed E-state index contributed by atoms with van der Waals surface area (Å²) in [6.45, 7) is 14.8. The molecular weight excluding hydrogens is 799 g/mol. The molecule has 6 aliphatic rings. The quantitative estimate of drug-likeness (QED) is 0.136. The number of hydrogen-bond donors (Lipinski definition) is 3. The molecule has 1 spiro atoms. The number of amides is 1. The number of hydrogen-bond acceptors (Lipinski definition) is 11. The van der Waals surface area contributed by atoms with Crippen LogP contribution in [0.4, 0.5) is 10.5 Å². The van der Waals surface area contributed by atoms with Crippen molar-refractivity contribution in [3.05, 3.63) is 82.6 Å². The summed E-state index contributed by atoms with van der Waals surface area (Å²) in [5.41, 5.74) is 1.20. The summed E-state index contributed by atoms with van der Waals surface area (Å²) in [6.07, 6.45) is 8.27. The number of ether oxygens (including phenoxy) is 4. The number of para-hydroxylation sites is 1. The molecule has 63 heavy (non-hydrogen) atoms. The molecule has 1 saturated heterocycles. The van der Waals surface area contributed by atoms with Crippen LogP contribution in [0.1, 0.15) is 89.6 Å². The number of fused-ring (bicyclic) bond motifs is 6. The molecule has 9 atom stereocenters. The summed E-state index contributed by atoms with van der Waals surface area (Å²) in [7, 11) is 5.10. The van der Waals surface area contributed by atoms with Gasteiger partial charge in [0.15, 0.2) is 0 Å². The lowest BCUT2D eigenvalue weighted by molar-refractivity contribution is -0.217. The standard InChI is InChI=1S/C50H65N5O8/c1-10-31-23-32-26-49(44(57)61-9,40-34(17-21-54(27-31)28-32)33-15-12-13-16-37(33)52-40)36-24-35-38(25-39(36)60-8)53(7)42-48(35)19-22-55-20-14-18-47(11-2,41(48)55)43(62-30(3)56)50(42,59)29-51-45(58)63-46(4,5)6/h12-16,18,23-25,32,41-43,52,59H,10-11,17,19-22,26-29H2,1-9H3,(H,51,58)/t32-,41-,42+,43+,47+,48+,49-,50+/m0/s1. The fourth-order valence-corrected chi connectivity index (χ4v) is 13.5. The predicted octanol–water partition coefficient (Wildman–Crippen LogP) is 6.15. The van der Waals surface area contributed by atoms with E-state index in [1.54, 1.807) is 27.9 Å². The van der Waals surface area contributed by atoms with E-state index in [9.17, 15) is 14.7 Å². The Morgan fingerprint density at radius 2 is 1.83 bits per heavy atom. The van der Waals surface area contributed by atoms with Gasteiger partial charge in [0.25, 0.3) is 0 Å². The van der Waals surface area contributed by atoms with Gasteiger partial charge in [-0.25, -0.2) is 4.79 Å². The Bertz CT molecular complexity index is 2400. The second-order valence-electron chi connectivity index (χ2n) is 20.0. The Morgan fingerprint density at radius 1 is 1.05 bits per heavy atom. The van der Waals surface area contributed by atoms with Crippen LogP contribution in [-0.4, -0.2) is 128 Å². The van der Waals surface area contributed by atoms with Gasteiger partial charge in [-0.05, 0) is 88.6 Å². The average molecular weight is 864 g/mol. The maximum Gasteiger partial charge on any atom is 0.407 e. The summed E-state index contributed by atoms with van der Waals surface area (Å²) in [4.78, 5) is 53.1. The van der Waals surface area contributed by atoms with Crippen LogP contribution in [0.3, 0.4) is 0 Å². The fourth-order valence-electron chi connectivity index (χ4n) is 13.5. The zero-order valence-electron chi connectivity index (χ0n) is 38.4. The molecule has 2 aromatic carbocycles. The Kier molecular flexibility index (Phi) is 10.6. The predicted molar refractivity (Wildman–Crippen MR) is 241 cm³/mol. The third-order valence-electron chi connectivity index (χ3n) is 15.6. The van der Waals surface area contributed by atoms with Crippen LogP contribution in [-0.2, 0) is 41.1 Å². The van der Waals surface area contributed by atoms with E-state index in [4.69, 9.17) is 18.9 Å². The molecule has 0 radical (unpaired) electrons. The minimum Gasteiger partial charge on any atom is -0.496 e. The van der Waals surface area contributed by atoms with Gasteiger partial charge in [0.2, 0.25) is 0 Å². The fraction of sp³-hybridized carbons (Fsp3) is 0.580. The van der Waals surface area contributed by atoms with Gasteiger partial charge >= 0.3 is 18.0 Å². The van der Waals surface area contributed by atoms with Crippen molar-refractivity contribution in [2.75, 3.05) is 65.4 Å². The first-order valence-electron chi connectivity index (χ1n) is 22.9. The largest absolute Gasteiger partial charge is 0.496 e. The number of rotatable bonds is 8. The van der Waals surface area contributed by atoms with Crippen molar-refractivity contribution in [2.45, 2.75) is 114 Å². The number of carbonyl (C=O) groups excluding carboxylic acids is 3. The first kappa shape index (κ1) is 43.4. The second-order valence-corrected chi connectivity index (χ2v) is 20.0. The Balaban J connectivity index is 1.33. The lowest BCUT2D eigenvalue weighted by atomic mass is 9.47. The minimum absolute atomic E-state index is 0.0260. The molecule has 1 saturated carbocycles. The maximum absolute atomic E-state index is 15.4. The third kappa shape index (κ3) is 6.37. The zero-order chi connectivity index (χ0) is 44.9. The second kappa shape index (κ2) is 15.4. The first-order chi connectivity index (χ1) is 30.0. The van der Waals surface area contributed by atoms with E-state index >= 15 is 4.79 Å². The topological polar surface area (TPSA) is 146 Å². The molecule has 13 nitrogen and oxygen atoms in total. The monoisotopic (exact) mass is 863 g/mol. The molecule has 9 rings (SSSR count). The van der Waals surface area contributed by atoms with Crippen LogP contribution < -0.4 is 15.0 Å². The Hall–Kier alpha value is -4.85. The van der Waals surface area contributed by atoms with Crippen molar-refractivity contribution in [2.24, 2.45) is 11.3 Å². The first-order valence-corrected chi connectivity index (χ1v) is 22.9. The van der Waals surface area contributed by atoms with Crippen molar-refractivity contribution >= 4 is 34.6 Å². The van der Waals surface area contributed by atoms with Gasteiger partial charge in [-0.2, -0.15) is 0 Å². The van der Waals surface area contributed by atoms with Crippen molar-refractivity contribution in [1.29, 1.82) is 0 Å². The summed E-state index contributed by atoms with van der Waals surface area (Å²) in [5.74, 6) is -0.326. The van der Waals surface area contributed by atoms with Crippen LogP contribution in [0.15, 0.2) is 60.2 Å². The number of aromatic amines is 1. The van der Waals surface area contributed by atoms with Crippen LogP contribution in [0.25, 0.3) is 10.9 Å². The third-order valence-corrected chi connectivity index (χ3v) is 15.6. The average Bonchev–Trinajstić information content (AvgIpc) is 3.92. The highest BCUT2D eigenvalue weighted by Crippen LogP contribution is 2.68. The van der Waals surface area contributed by atoms with Gasteiger partial charge in [-0.15, -0.1) is 0 Å². The van der Waals surface area contributed by atoms with E-state index < -0.39 is 51.7 Å². The molecule has 338 valence electrons. The van der Waals surface area contributed by atoms with Gasteiger partial charge in [-0.1, -0.05) is 55.8 Å². The minimum atomic E-state index is -1.83. The Labute approximate surface area is 371 Å². The molecule has 3 N–H and O–H groups in total. The summed E-state index contributed by atoms with van der Waals surface area (Å²) in [6, 6.07) is 11.6. The molecule has 6 heterocycles. The van der Waals surface area contributed by atoms with Crippen LogP contribution in [0.5, 0.6) is 5.75 Å².